The first kappa shape index (κ1) is 14.2. The highest BCUT2D eigenvalue weighted by atomic mass is 16.5. The molecule has 1 aliphatic rings. The van der Waals surface area contributed by atoms with E-state index in [1.54, 1.807) is 7.11 Å². The molecule has 0 spiro atoms. The summed E-state index contributed by atoms with van der Waals surface area (Å²) in [6.45, 7) is 6.17. The van der Waals surface area contributed by atoms with Crippen molar-refractivity contribution in [2.45, 2.75) is 45.5 Å². The highest BCUT2D eigenvalue weighted by Gasteiger charge is 2.24. The molecule has 1 N–H and O–H groups in total. The molecule has 0 amide bonds. The lowest BCUT2D eigenvalue weighted by atomic mass is 10.0. The van der Waals surface area contributed by atoms with Crippen LogP contribution in [-0.2, 0) is 11.2 Å². The third-order valence-electron chi connectivity index (χ3n) is 3.19. The molecule has 0 aromatic heterocycles. The van der Waals surface area contributed by atoms with Crippen LogP contribution in [0.15, 0.2) is 12.1 Å². The Morgan fingerprint density at radius 3 is 2.79 bits per heavy atom. The minimum Gasteiger partial charge on any atom is -0.496 e. The Bertz CT molecular complexity index is 442. The zero-order chi connectivity index (χ0) is 14.0. The van der Waals surface area contributed by atoms with Crippen LogP contribution in [0.25, 0.3) is 0 Å². The van der Waals surface area contributed by atoms with Crippen molar-refractivity contribution in [3.63, 3.8) is 0 Å². The van der Waals surface area contributed by atoms with Crippen LogP contribution in [0.4, 0.5) is 0 Å². The van der Waals surface area contributed by atoms with E-state index >= 15 is 0 Å². The molecule has 1 aromatic rings. The third-order valence-corrected chi connectivity index (χ3v) is 3.19. The molecule has 0 radical (unpaired) electrons. The number of rotatable bonds is 5. The van der Waals surface area contributed by atoms with Crippen molar-refractivity contribution in [2.24, 2.45) is 0 Å². The van der Waals surface area contributed by atoms with E-state index < -0.39 is 6.10 Å². The van der Waals surface area contributed by atoms with E-state index in [2.05, 4.69) is 0 Å². The molecule has 0 aliphatic carbocycles. The molecular weight excluding hydrogens is 244 g/mol. The number of aliphatic hydroxyl groups excluding tert-OH is 1. The monoisotopic (exact) mass is 266 g/mol. The zero-order valence-electron chi connectivity index (χ0n) is 12.0. The fraction of sp³-hybridized carbons (Fsp3) is 0.600. The highest BCUT2D eigenvalue weighted by molar-refractivity contribution is 5.49. The van der Waals surface area contributed by atoms with Gasteiger partial charge in [-0.05, 0) is 32.9 Å². The lowest BCUT2D eigenvalue weighted by Crippen LogP contribution is -2.13. The Hall–Kier alpha value is -1.26. The van der Waals surface area contributed by atoms with Crippen LogP contribution in [0.5, 0.6) is 11.5 Å². The number of methoxy groups -OCH3 is 1. The van der Waals surface area contributed by atoms with Crippen molar-refractivity contribution in [3.05, 3.63) is 23.3 Å². The Kier molecular flexibility index (Phi) is 4.32. The SMILES string of the molecule is COc1cc2c(cc1C(O)COC(C)C)OC(C)C2. The molecule has 0 fully saturated rings. The van der Waals surface area contributed by atoms with Gasteiger partial charge in [-0.3, -0.25) is 0 Å². The quantitative estimate of drug-likeness (QED) is 0.889. The number of ether oxygens (including phenoxy) is 3. The van der Waals surface area contributed by atoms with Crippen LogP contribution in [0.1, 0.15) is 38.0 Å². The van der Waals surface area contributed by atoms with Gasteiger partial charge in [0.1, 0.15) is 23.7 Å². The van der Waals surface area contributed by atoms with Gasteiger partial charge in [-0.15, -0.1) is 0 Å². The summed E-state index contributed by atoms with van der Waals surface area (Å²) >= 11 is 0. The van der Waals surface area contributed by atoms with Gasteiger partial charge in [0.25, 0.3) is 0 Å². The number of hydrogen-bond donors (Lipinski definition) is 1. The highest BCUT2D eigenvalue weighted by Crippen LogP contribution is 2.37. The molecule has 4 heteroatoms. The second-order valence-corrected chi connectivity index (χ2v) is 5.23. The van der Waals surface area contributed by atoms with Crippen molar-refractivity contribution >= 4 is 0 Å². The zero-order valence-corrected chi connectivity index (χ0v) is 12.0. The predicted molar refractivity (Wildman–Crippen MR) is 72.8 cm³/mol. The van der Waals surface area contributed by atoms with Gasteiger partial charge in [-0.2, -0.15) is 0 Å². The summed E-state index contributed by atoms with van der Waals surface area (Å²) in [6.07, 6.45) is 0.442. The molecule has 0 saturated heterocycles. The fourth-order valence-electron chi connectivity index (χ4n) is 2.27. The van der Waals surface area contributed by atoms with Gasteiger partial charge in [-0.25, -0.2) is 0 Å². The molecule has 1 heterocycles. The average molecular weight is 266 g/mol. The van der Waals surface area contributed by atoms with Crippen molar-refractivity contribution < 1.29 is 19.3 Å². The molecule has 2 atom stereocenters. The van der Waals surface area contributed by atoms with Gasteiger partial charge in [0, 0.05) is 17.5 Å². The summed E-state index contributed by atoms with van der Waals surface area (Å²) in [5.41, 5.74) is 1.85. The Labute approximate surface area is 114 Å². The maximum Gasteiger partial charge on any atom is 0.125 e. The van der Waals surface area contributed by atoms with E-state index in [0.717, 1.165) is 23.3 Å². The largest absolute Gasteiger partial charge is 0.496 e. The van der Waals surface area contributed by atoms with Crippen molar-refractivity contribution in [3.8, 4) is 11.5 Å². The summed E-state index contributed by atoms with van der Waals surface area (Å²) in [5, 5.41) is 10.2. The Morgan fingerprint density at radius 1 is 1.42 bits per heavy atom. The van der Waals surface area contributed by atoms with Crippen LogP contribution in [0.3, 0.4) is 0 Å². The average Bonchev–Trinajstić information content (AvgIpc) is 2.73. The minimum atomic E-state index is -0.706. The number of hydrogen-bond acceptors (Lipinski definition) is 4. The molecule has 106 valence electrons. The maximum absolute atomic E-state index is 10.2. The number of fused-ring (bicyclic) bond motifs is 1. The second-order valence-electron chi connectivity index (χ2n) is 5.23. The summed E-state index contributed by atoms with van der Waals surface area (Å²) in [5.74, 6) is 1.53. The maximum atomic E-state index is 10.2. The van der Waals surface area contributed by atoms with Crippen LogP contribution in [-0.4, -0.2) is 31.0 Å². The minimum absolute atomic E-state index is 0.0892. The first-order valence-electron chi connectivity index (χ1n) is 6.68. The molecule has 1 aromatic carbocycles. The van der Waals surface area contributed by atoms with Gasteiger partial charge < -0.3 is 19.3 Å². The van der Waals surface area contributed by atoms with Gasteiger partial charge in [0.2, 0.25) is 0 Å². The molecular formula is C15H22O4. The summed E-state index contributed by atoms with van der Waals surface area (Å²) in [4.78, 5) is 0. The van der Waals surface area contributed by atoms with E-state index in [-0.39, 0.29) is 18.8 Å². The Morgan fingerprint density at radius 2 is 2.16 bits per heavy atom. The lowest BCUT2D eigenvalue weighted by Gasteiger charge is -2.17. The van der Waals surface area contributed by atoms with Gasteiger partial charge >= 0.3 is 0 Å². The molecule has 2 rings (SSSR count). The molecule has 19 heavy (non-hydrogen) atoms. The molecule has 2 unspecified atom stereocenters. The molecule has 1 aliphatic heterocycles. The fourth-order valence-corrected chi connectivity index (χ4v) is 2.27. The number of aliphatic hydroxyl groups is 1. The summed E-state index contributed by atoms with van der Waals surface area (Å²) < 4.78 is 16.5. The third kappa shape index (κ3) is 3.19. The standard InChI is InChI=1S/C15H22O4/c1-9(2)18-8-13(16)12-7-14-11(5-10(3)19-14)6-15(12)17-4/h6-7,9-10,13,16H,5,8H2,1-4H3. The van der Waals surface area contributed by atoms with Gasteiger partial charge in [-0.1, -0.05) is 0 Å². The predicted octanol–water partition coefficient (Wildman–Crippen LogP) is 2.48. The smallest absolute Gasteiger partial charge is 0.125 e. The second kappa shape index (κ2) is 5.80. The van der Waals surface area contributed by atoms with Crippen molar-refractivity contribution in [2.75, 3.05) is 13.7 Å². The Balaban J connectivity index is 2.22. The molecule has 4 nitrogen and oxygen atoms in total. The molecule has 0 saturated carbocycles. The van der Waals surface area contributed by atoms with E-state index in [4.69, 9.17) is 14.2 Å². The normalized spacial score (nSPS) is 19.2. The van der Waals surface area contributed by atoms with Gasteiger partial charge in [0.05, 0.1) is 19.8 Å². The van der Waals surface area contributed by atoms with E-state index in [9.17, 15) is 5.11 Å². The number of benzene rings is 1. The van der Waals surface area contributed by atoms with Crippen LogP contribution in [0.2, 0.25) is 0 Å². The topological polar surface area (TPSA) is 47.9 Å². The van der Waals surface area contributed by atoms with Crippen molar-refractivity contribution in [1.82, 2.24) is 0 Å². The summed E-state index contributed by atoms with van der Waals surface area (Å²) in [7, 11) is 1.61. The summed E-state index contributed by atoms with van der Waals surface area (Å²) in [6, 6.07) is 3.82. The molecule has 0 bridgehead atoms. The first-order chi connectivity index (χ1) is 9.01. The first-order valence-corrected chi connectivity index (χ1v) is 6.68. The van der Waals surface area contributed by atoms with Crippen LogP contribution >= 0.6 is 0 Å². The lowest BCUT2D eigenvalue weighted by molar-refractivity contribution is 0.00401. The van der Waals surface area contributed by atoms with Crippen molar-refractivity contribution in [1.29, 1.82) is 0 Å². The van der Waals surface area contributed by atoms with E-state index in [1.807, 2.05) is 32.9 Å². The van der Waals surface area contributed by atoms with Gasteiger partial charge in [0.15, 0.2) is 0 Å². The van der Waals surface area contributed by atoms with E-state index in [1.165, 1.54) is 0 Å². The van der Waals surface area contributed by atoms with Crippen LogP contribution < -0.4 is 9.47 Å². The van der Waals surface area contributed by atoms with E-state index in [0.29, 0.717) is 5.75 Å². The van der Waals surface area contributed by atoms with Crippen LogP contribution in [0, 0.1) is 0 Å².